The Kier molecular flexibility index (Phi) is 4.42. The maximum Gasteiger partial charge on any atom is 0.316 e. The summed E-state index contributed by atoms with van der Waals surface area (Å²) in [6, 6.07) is 4.15. The second kappa shape index (κ2) is 5.60. The third-order valence-corrected chi connectivity index (χ3v) is 3.06. The Balaban J connectivity index is 2.74. The average Bonchev–Trinajstić information content (AvgIpc) is 2.19. The van der Waals surface area contributed by atoms with E-state index < -0.39 is 28.3 Å². The molecular formula is C10H11FO4S. The van der Waals surface area contributed by atoms with Gasteiger partial charge in [-0.25, -0.2) is 4.39 Å². The van der Waals surface area contributed by atoms with E-state index in [2.05, 4.69) is 0 Å². The zero-order valence-electron chi connectivity index (χ0n) is 8.60. The van der Waals surface area contributed by atoms with Crippen LogP contribution in [0, 0.1) is 5.82 Å². The van der Waals surface area contributed by atoms with E-state index in [4.69, 9.17) is 9.84 Å². The van der Waals surface area contributed by atoms with E-state index in [-0.39, 0.29) is 11.3 Å². The predicted molar refractivity (Wildman–Crippen MR) is 57.3 cm³/mol. The monoisotopic (exact) mass is 246 g/mol. The normalized spacial score (nSPS) is 12.1. The molecule has 0 heterocycles. The van der Waals surface area contributed by atoms with Crippen molar-refractivity contribution in [3.63, 3.8) is 0 Å². The molecule has 0 saturated heterocycles. The molecule has 0 saturated carbocycles. The maximum atomic E-state index is 13.4. The van der Waals surface area contributed by atoms with Crippen LogP contribution < -0.4 is 4.74 Å². The molecule has 1 aromatic carbocycles. The smallest absolute Gasteiger partial charge is 0.316 e. The molecule has 1 atom stereocenters. The Morgan fingerprint density at radius 2 is 2.25 bits per heavy atom. The van der Waals surface area contributed by atoms with Crippen LogP contribution in [0.25, 0.3) is 0 Å². The number of hydrogen-bond acceptors (Lipinski definition) is 3. The van der Waals surface area contributed by atoms with E-state index in [1.165, 1.54) is 25.3 Å². The minimum atomic E-state index is -1.60. The summed E-state index contributed by atoms with van der Waals surface area (Å²) in [6.45, 7) is 0. The van der Waals surface area contributed by atoms with Gasteiger partial charge in [0.05, 0.1) is 12.9 Å². The highest BCUT2D eigenvalue weighted by Gasteiger charge is 2.10. The average molecular weight is 246 g/mol. The molecule has 0 aliphatic heterocycles. The van der Waals surface area contributed by atoms with Gasteiger partial charge in [-0.2, -0.15) is 0 Å². The first-order chi connectivity index (χ1) is 7.52. The molecule has 88 valence electrons. The van der Waals surface area contributed by atoms with Crippen LogP contribution in [0.3, 0.4) is 0 Å². The van der Waals surface area contributed by atoms with Gasteiger partial charge in [0.15, 0.2) is 0 Å². The summed E-state index contributed by atoms with van der Waals surface area (Å²) in [5, 5.41) is 8.41. The van der Waals surface area contributed by atoms with E-state index in [0.717, 1.165) is 0 Å². The molecule has 0 bridgehead atoms. The minimum Gasteiger partial charge on any atom is -0.497 e. The summed E-state index contributed by atoms with van der Waals surface area (Å²) in [6.07, 6.45) is 0. The first-order valence-corrected chi connectivity index (χ1v) is 5.91. The van der Waals surface area contributed by atoms with Gasteiger partial charge in [0, 0.05) is 22.4 Å². The Morgan fingerprint density at radius 1 is 1.56 bits per heavy atom. The molecule has 6 heteroatoms. The fraction of sp³-hybridized carbons (Fsp3) is 0.300. The van der Waals surface area contributed by atoms with Gasteiger partial charge in [-0.15, -0.1) is 0 Å². The number of ether oxygens (including phenoxy) is 1. The number of aliphatic carboxylic acids is 1. The lowest BCUT2D eigenvalue weighted by Crippen LogP contribution is -2.11. The molecule has 0 fully saturated rings. The highest BCUT2D eigenvalue weighted by molar-refractivity contribution is 7.84. The van der Waals surface area contributed by atoms with Crippen molar-refractivity contribution in [2.75, 3.05) is 12.9 Å². The van der Waals surface area contributed by atoms with Gasteiger partial charge in [-0.05, 0) is 6.07 Å². The van der Waals surface area contributed by atoms with Gasteiger partial charge in [-0.1, -0.05) is 6.07 Å². The quantitative estimate of drug-likeness (QED) is 0.847. The Labute approximate surface area is 94.5 Å². The molecule has 0 amide bonds. The number of hydrogen-bond donors (Lipinski definition) is 1. The molecule has 1 aromatic rings. The van der Waals surface area contributed by atoms with Crippen molar-refractivity contribution >= 4 is 16.8 Å². The summed E-state index contributed by atoms with van der Waals surface area (Å²) < 4.78 is 29.4. The van der Waals surface area contributed by atoms with Crippen molar-refractivity contribution in [1.29, 1.82) is 0 Å². The maximum absolute atomic E-state index is 13.4. The molecule has 1 rings (SSSR count). The number of carboxylic acids is 1. The van der Waals surface area contributed by atoms with Crippen LogP contribution in [0.4, 0.5) is 4.39 Å². The molecule has 0 aliphatic carbocycles. The first kappa shape index (κ1) is 12.6. The minimum absolute atomic E-state index is 0.109. The van der Waals surface area contributed by atoms with Gasteiger partial charge in [-0.3, -0.25) is 9.00 Å². The van der Waals surface area contributed by atoms with Gasteiger partial charge < -0.3 is 9.84 Å². The Bertz CT molecular complexity index is 419. The molecule has 0 aliphatic rings. The zero-order valence-corrected chi connectivity index (χ0v) is 9.42. The molecular weight excluding hydrogens is 235 g/mol. The van der Waals surface area contributed by atoms with Crippen molar-refractivity contribution in [3.8, 4) is 5.75 Å². The van der Waals surface area contributed by atoms with Crippen LogP contribution in [-0.2, 0) is 21.3 Å². The Morgan fingerprint density at radius 3 is 2.75 bits per heavy atom. The van der Waals surface area contributed by atoms with E-state index in [0.29, 0.717) is 5.75 Å². The van der Waals surface area contributed by atoms with Crippen molar-refractivity contribution < 1.29 is 23.2 Å². The lowest BCUT2D eigenvalue weighted by molar-refractivity contribution is -0.133. The number of halogens is 1. The van der Waals surface area contributed by atoms with Crippen molar-refractivity contribution in [1.82, 2.24) is 0 Å². The van der Waals surface area contributed by atoms with Gasteiger partial charge in [0.2, 0.25) is 0 Å². The first-order valence-electron chi connectivity index (χ1n) is 4.42. The van der Waals surface area contributed by atoms with Crippen LogP contribution in [0.1, 0.15) is 5.56 Å². The fourth-order valence-electron chi connectivity index (χ4n) is 1.13. The molecule has 1 unspecified atom stereocenters. The summed E-state index contributed by atoms with van der Waals surface area (Å²) in [7, 11) is -0.187. The van der Waals surface area contributed by atoms with Crippen LogP contribution >= 0.6 is 0 Å². The number of carboxylic acid groups (broad SMARTS) is 1. The van der Waals surface area contributed by atoms with Crippen molar-refractivity contribution in [2.45, 2.75) is 5.75 Å². The van der Waals surface area contributed by atoms with E-state index in [1.54, 1.807) is 0 Å². The SMILES string of the molecule is COc1ccc(CS(=O)CC(=O)O)c(F)c1. The number of benzene rings is 1. The lowest BCUT2D eigenvalue weighted by atomic mass is 10.2. The van der Waals surface area contributed by atoms with Gasteiger partial charge in [0.1, 0.15) is 17.3 Å². The van der Waals surface area contributed by atoms with Crippen LogP contribution in [-0.4, -0.2) is 28.1 Å². The standard InChI is InChI=1S/C10H11FO4S/c1-15-8-3-2-7(9(11)4-8)5-16(14)6-10(12)13/h2-4H,5-6H2,1H3,(H,12,13). The van der Waals surface area contributed by atoms with Crippen molar-refractivity contribution in [2.24, 2.45) is 0 Å². The summed E-state index contributed by atoms with van der Waals surface area (Å²) in [5.74, 6) is -1.93. The van der Waals surface area contributed by atoms with E-state index in [9.17, 15) is 13.4 Å². The largest absolute Gasteiger partial charge is 0.497 e. The molecule has 4 nitrogen and oxygen atoms in total. The fourth-order valence-corrected chi connectivity index (χ4v) is 2.09. The third kappa shape index (κ3) is 3.62. The van der Waals surface area contributed by atoms with E-state index in [1.807, 2.05) is 0 Å². The van der Waals surface area contributed by atoms with Crippen molar-refractivity contribution in [3.05, 3.63) is 29.6 Å². The van der Waals surface area contributed by atoms with Crippen LogP contribution in [0.2, 0.25) is 0 Å². The summed E-state index contributed by atoms with van der Waals surface area (Å²) in [5.41, 5.74) is 0.223. The number of carbonyl (C=O) groups is 1. The molecule has 0 radical (unpaired) electrons. The lowest BCUT2D eigenvalue weighted by Gasteiger charge is -2.04. The molecule has 0 spiro atoms. The predicted octanol–water partition coefficient (Wildman–Crippen LogP) is 1.17. The summed E-state index contributed by atoms with van der Waals surface area (Å²) >= 11 is 0. The molecule has 1 N–H and O–H groups in total. The molecule has 0 aromatic heterocycles. The number of methoxy groups -OCH3 is 1. The second-order valence-electron chi connectivity index (χ2n) is 3.08. The van der Waals surface area contributed by atoms with Gasteiger partial charge >= 0.3 is 5.97 Å². The summed E-state index contributed by atoms with van der Waals surface area (Å²) in [4.78, 5) is 10.3. The van der Waals surface area contributed by atoms with E-state index >= 15 is 0 Å². The Hall–Kier alpha value is -1.43. The zero-order chi connectivity index (χ0) is 12.1. The van der Waals surface area contributed by atoms with Crippen LogP contribution in [0.5, 0.6) is 5.75 Å². The topological polar surface area (TPSA) is 63.6 Å². The van der Waals surface area contributed by atoms with Gasteiger partial charge in [0.25, 0.3) is 0 Å². The third-order valence-electron chi connectivity index (χ3n) is 1.86. The second-order valence-corrected chi connectivity index (χ2v) is 4.54. The number of rotatable bonds is 5. The highest BCUT2D eigenvalue weighted by atomic mass is 32.2. The highest BCUT2D eigenvalue weighted by Crippen LogP contribution is 2.17. The molecule has 16 heavy (non-hydrogen) atoms. The van der Waals surface area contributed by atoms with Crippen LogP contribution in [0.15, 0.2) is 18.2 Å².